The van der Waals surface area contributed by atoms with Gasteiger partial charge in [-0.05, 0) is 58.2 Å². The van der Waals surface area contributed by atoms with E-state index in [-0.39, 0.29) is 42.3 Å². The normalized spacial score (nSPS) is 27.6. The zero-order valence-electron chi connectivity index (χ0n) is 13.8. The van der Waals surface area contributed by atoms with Crippen LogP contribution >= 0.6 is 24.8 Å². The maximum absolute atomic E-state index is 12.3. The smallest absolute Gasteiger partial charge is 0.237 e. The maximum atomic E-state index is 12.3. The van der Waals surface area contributed by atoms with Crippen LogP contribution in [0, 0.1) is 0 Å². The van der Waals surface area contributed by atoms with E-state index in [2.05, 4.69) is 15.5 Å². The van der Waals surface area contributed by atoms with E-state index < -0.39 is 0 Å². The SMILES string of the molecule is Cl.Cl.O=C(NCC1(N2CCCCC2)CCOCC1)C1CCCN1. The molecule has 3 heterocycles. The molecule has 1 atom stereocenters. The van der Waals surface area contributed by atoms with Crippen LogP contribution in [0.15, 0.2) is 0 Å². The van der Waals surface area contributed by atoms with Crippen LogP contribution in [0.25, 0.3) is 0 Å². The molecule has 0 aromatic carbocycles. The van der Waals surface area contributed by atoms with Crippen LogP contribution in [0.4, 0.5) is 0 Å². The van der Waals surface area contributed by atoms with Gasteiger partial charge in [-0.15, -0.1) is 24.8 Å². The van der Waals surface area contributed by atoms with E-state index >= 15 is 0 Å². The largest absolute Gasteiger partial charge is 0.381 e. The summed E-state index contributed by atoms with van der Waals surface area (Å²) in [6.45, 7) is 5.77. The first-order valence-electron chi connectivity index (χ1n) is 8.64. The molecule has 1 amide bonds. The van der Waals surface area contributed by atoms with Gasteiger partial charge in [0, 0.05) is 25.3 Å². The van der Waals surface area contributed by atoms with Crippen LogP contribution in [-0.4, -0.2) is 61.8 Å². The number of carbonyl (C=O) groups is 1. The molecule has 136 valence electrons. The van der Waals surface area contributed by atoms with Crippen molar-refractivity contribution in [1.29, 1.82) is 0 Å². The molecule has 0 bridgehead atoms. The van der Waals surface area contributed by atoms with Crippen molar-refractivity contribution in [2.75, 3.05) is 39.4 Å². The molecule has 3 rings (SSSR count). The zero-order chi connectivity index (χ0) is 14.5. The summed E-state index contributed by atoms with van der Waals surface area (Å²) in [6, 6.07) is 0.0308. The predicted molar refractivity (Wildman–Crippen MR) is 96.7 cm³/mol. The number of likely N-dealkylation sites (tertiary alicyclic amines) is 1. The summed E-state index contributed by atoms with van der Waals surface area (Å²) in [5.74, 6) is 0.190. The predicted octanol–water partition coefficient (Wildman–Crippen LogP) is 1.73. The Bertz CT molecular complexity index is 353. The standard InChI is InChI=1S/C16H29N3O2.2ClH/c20-15(14-5-4-8-17-14)18-13-16(6-11-21-12-7-16)19-9-2-1-3-10-19;;/h14,17H,1-13H2,(H,18,20);2*1H. The van der Waals surface area contributed by atoms with Gasteiger partial charge in [-0.2, -0.15) is 0 Å². The number of nitrogens with one attached hydrogen (secondary N) is 2. The first kappa shape index (κ1) is 21.0. The Labute approximate surface area is 152 Å². The third-order valence-corrected chi connectivity index (χ3v) is 5.42. The highest BCUT2D eigenvalue weighted by Gasteiger charge is 2.39. The van der Waals surface area contributed by atoms with Crippen molar-refractivity contribution in [1.82, 2.24) is 15.5 Å². The van der Waals surface area contributed by atoms with Gasteiger partial charge < -0.3 is 15.4 Å². The molecule has 23 heavy (non-hydrogen) atoms. The minimum Gasteiger partial charge on any atom is -0.381 e. The van der Waals surface area contributed by atoms with Crippen LogP contribution in [0.2, 0.25) is 0 Å². The van der Waals surface area contributed by atoms with Gasteiger partial charge in [0.15, 0.2) is 0 Å². The molecule has 0 spiro atoms. The van der Waals surface area contributed by atoms with Crippen molar-refractivity contribution in [2.24, 2.45) is 0 Å². The lowest BCUT2D eigenvalue weighted by Gasteiger charge is -2.48. The Morgan fingerprint density at radius 2 is 1.83 bits per heavy atom. The second kappa shape index (κ2) is 10.0. The van der Waals surface area contributed by atoms with Crippen LogP contribution in [0.1, 0.15) is 44.9 Å². The average Bonchev–Trinajstić information content (AvgIpc) is 3.09. The Hall–Kier alpha value is -0.0700. The Morgan fingerprint density at radius 1 is 1.13 bits per heavy atom. The highest BCUT2D eigenvalue weighted by Crippen LogP contribution is 2.30. The van der Waals surface area contributed by atoms with Gasteiger partial charge in [0.1, 0.15) is 0 Å². The second-order valence-electron chi connectivity index (χ2n) is 6.75. The van der Waals surface area contributed by atoms with E-state index in [0.717, 1.165) is 52.0 Å². The number of halogens is 2. The van der Waals surface area contributed by atoms with Crippen LogP contribution < -0.4 is 10.6 Å². The van der Waals surface area contributed by atoms with E-state index in [1.165, 1.54) is 32.4 Å². The number of hydrogen-bond donors (Lipinski definition) is 2. The van der Waals surface area contributed by atoms with Crippen LogP contribution in [0.3, 0.4) is 0 Å². The lowest BCUT2D eigenvalue weighted by molar-refractivity contribution is -0.124. The fraction of sp³-hybridized carbons (Fsp3) is 0.938. The van der Waals surface area contributed by atoms with Crippen molar-refractivity contribution in [3.05, 3.63) is 0 Å². The van der Waals surface area contributed by atoms with Crippen LogP contribution in [-0.2, 0) is 9.53 Å². The highest BCUT2D eigenvalue weighted by atomic mass is 35.5. The zero-order valence-corrected chi connectivity index (χ0v) is 15.5. The van der Waals surface area contributed by atoms with E-state index in [9.17, 15) is 4.79 Å². The summed E-state index contributed by atoms with van der Waals surface area (Å²) in [6.07, 6.45) is 8.12. The van der Waals surface area contributed by atoms with E-state index in [0.29, 0.717) is 0 Å². The Morgan fingerprint density at radius 3 is 2.43 bits per heavy atom. The van der Waals surface area contributed by atoms with Gasteiger partial charge in [0.2, 0.25) is 5.91 Å². The fourth-order valence-corrected chi connectivity index (χ4v) is 4.01. The van der Waals surface area contributed by atoms with Crippen molar-refractivity contribution in [2.45, 2.75) is 56.5 Å². The number of hydrogen-bond acceptors (Lipinski definition) is 4. The third-order valence-electron chi connectivity index (χ3n) is 5.42. The van der Waals surface area contributed by atoms with Crippen LogP contribution in [0.5, 0.6) is 0 Å². The molecule has 0 aromatic heterocycles. The molecule has 3 saturated heterocycles. The maximum Gasteiger partial charge on any atom is 0.237 e. The molecule has 0 aliphatic carbocycles. The Kier molecular flexibility index (Phi) is 9.16. The van der Waals surface area contributed by atoms with Gasteiger partial charge in [0.05, 0.1) is 6.04 Å². The fourth-order valence-electron chi connectivity index (χ4n) is 4.01. The molecule has 7 heteroatoms. The van der Waals surface area contributed by atoms with Gasteiger partial charge in [-0.1, -0.05) is 6.42 Å². The number of amides is 1. The molecule has 3 aliphatic rings. The molecular weight excluding hydrogens is 337 g/mol. The molecule has 0 radical (unpaired) electrons. The Balaban J connectivity index is 0.00000132. The van der Waals surface area contributed by atoms with E-state index in [1.807, 2.05) is 0 Å². The summed E-state index contributed by atoms with van der Waals surface area (Å²) in [5, 5.41) is 6.52. The quantitative estimate of drug-likeness (QED) is 0.794. The first-order valence-corrected chi connectivity index (χ1v) is 8.64. The first-order chi connectivity index (χ1) is 10.3. The molecule has 1 unspecified atom stereocenters. The minimum absolute atomic E-state index is 0. The summed E-state index contributed by atoms with van der Waals surface area (Å²) in [7, 11) is 0. The topological polar surface area (TPSA) is 53.6 Å². The average molecular weight is 368 g/mol. The van der Waals surface area contributed by atoms with Gasteiger partial charge in [-0.3, -0.25) is 9.69 Å². The van der Waals surface area contributed by atoms with Crippen molar-refractivity contribution >= 4 is 30.7 Å². The monoisotopic (exact) mass is 367 g/mol. The van der Waals surface area contributed by atoms with Crippen molar-refractivity contribution in [3.63, 3.8) is 0 Å². The molecule has 3 fully saturated rings. The number of piperidine rings is 1. The van der Waals surface area contributed by atoms with E-state index in [4.69, 9.17) is 4.74 Å². The number of ether oxygens (including phenoxy) is 1. The van der Waals surface area contributed by atoms with Gasteiger partial charge >= 0.3 is 0 Å². The summed E-state index contributed by atoms with van der Waals surface area (Å²) in [4.78, 5) is 14.9. The highest BCUT2D eigenvalue weighted by molar-refractivity contribution is 5.85. The van der Waals surface area contributed by atoms with E-state index in [1.54, 1.807) is 0 Å². The molecule has 5 nitrogen and oxygen atoms in total. The molecule has 3 aliphatic heterocycles. The van der Waals surface area contributed by atoms with Gasteiger partial charge in [-0.25, -0.2) is 0 Å². The lowest BCUT2D eigenvalue weighted by atomic mass is 9.86. The minimum atomic E-state index is 0. The summed E-state index contributed by atoms with van der Waals surface area (Å²) in [5.41, 5.74) is 0.132. The third kappa shape index (κ3) is 5.20. The van der Waals surface area contributed by atoms with Crippen molar-refractivity contribution < 1.29 is 9.53 Å². The number of nitrogens with zero attached hydrogens (tertiary/aromatic N) is 1. The molecule has 2 N–H and O–H groups in total. The number of carbonyl (C=O) groups excluding carboxylic acids is 1. The summed E-state index contributed by atoms with van der Waals surface area (Å²) >= 11 is 0. The molecule has 0 aromatic rings. The lowest BCUT2D eigenvalue weighted by Crippen LogP contribution is -2.60. The second-order valence-corrected chi connectivity index (χ2v) is 6.75. The van der Waals surface area contributed by atoms with Gasteiger partial charge in [0.25, 0.3) is 0 Å². The summed E-state index contributed by atoms with van der Waals surface area (Å²) < 4.78 is 5.57. The molecular formula is C16H31Cl2N3O2. The number of rotatable bonds is 4. The molecule has 0 saturated carbocycles. The van der Waals surface area contributed by atoms with Crippen molar-refractivity contribution in [3.8, 4) is 0 Å².